The highest BCUT2D eigenvalue weighted by molar-refractivity contribution is 7.15. The van der Waals surface area contributed by atoms with Crippen LogP contribution in [-0.4, -0.2) is 44.7 Å². The number of carbonyl (C=O) groups excluding carboxylic acids is 1. The number of carbonyl (C=O) groups is 1. The van der Waals surface area contributed by atoms with Gasteiger partial charge in [0.2, 0.25) is 5.95 Å². The molecule has 3 aromatic rings. The summed E-state index contributed by atoms with van der Waals surface area (Å²) in [6.45, 7) is 6.48. The summed E-state index contributed by atoms with van der Waals surface area (Å²) in [5.74, 6) is -0.399. The Morgan fingerprint density at radius 1 is 1.18 bits per heavy atom. The minimum Gasteiger partial charge on any atom is -0.444 e. The van der Waals surface area contributed by atoms with Gasteiger partial charge in [-0.1, -0.05) is 41.7 Å². The largest absolute Gasteiger partial charge is 0.444 e. The number of anilines is 3. The van der Waals surface area contributed by atoms with Gasteiger partial charge in [-0.3, -0.25) is 10.2 Å². The number of ether oxygens (including phenoxy) is 1. The van der Waals surface area contributed by atoms with Gasteiger partial charge in [0, 0.05) is 30.5 Å². The van der Waals surface area contributed by atoms with Crippen LogP contribution in [0.1, 0.15) is 54.9 Å². The first kappa shape index (κ1) is 26.2. The molecule has 2 aromatic heterocycles. The van der Waals surface area contributed by atoms with Gasteiger partial charge in [0.05, 0.1) is 24.9 Å². The number of thiazole rings is 1. The fourth-order valence-electron chi connectivity index (χ4n) is 4.28. The Morgan fingerprint density at radius 2 is 1.95 bits per heavy atom. The lowest BCUT2D eigenvalue weighted by Gasteiger charge is -2.29. The molecule has 2 aliphatic heterocycles. The molecule has 4 heterocycles. The van der Waals surface area contributed by atoms with Crippen LogP contribution in [0.4, 0.5) is 34.9 Å². The van der Waals surface area contributed by atoms with E-state index in [1.807, 2.05) is 51.1 Å². The minimum absolute atomic E-state index is 0.0367. The van der Waals surface area contributed by atoms with Gasteiger partial charge in [0.15, 0.2) is 10.9 Å². The van der Waals surface area contributed by atoms with Crippen molar-refractivity contribution in [1.29, 1.82) is 0 Å². The topological polar surface area (TPSA) is 92.7 Å². The average molecular weight is 549 g/mol. The third-order valence-corrected chi connectivity index (χ3v) is 6.97. The molecule has 0 radical (unpaired) electrons. The molecule has 2 aliphatic rings. The number of rotatable bonds is 4. The third kappa shape index (κ3) is 5.68. The predicted octanol–water partition coefficient (Wildman–Crippen LogP) is 5.87. The molecular formula is C25H27F3N6O3S. The molecule has 38 heavy (non-hydrogen) atoms. The Hall–Kier alpha value is -3.45. The van der Waals surface area contributed by atoms with Gasteiger partial charge in [-0.2, -0.15) is 18.2 Å². The van der Waals surface area contributed by atoms with Crippen LogP contribution < -0.4 is 10.4 Å². The van der Waals surface area contributed by atoms with Crippen LogP contribution in [-0.2, 0) is 28.7 Å². The standard InChI is InChI=1S/C25H27F3N6O3S/c1-24(2,3)37-23(35)33-11-9-17-19(14-33)38-22(30-17)32-21-29-13-16(25(26,27)28)20(31-21)34-18(10-12-36-34)15-7-5-4-6-8-15/h4-8,13,18H,9-12,14H2,1-3H3,(H,29,30,31,32)/t18-/m0/s1. The highest BCUT2D eigenvalue weighted by Gasteiger charge is 2.40. The van der Waals surface area contributed by atoms with Gasteiger partial charge in [-0.25, -0.2) is 19.8 Å². The number of halogens is 3. The van der Waals surface area contributed by atoms with E-state index in [-0.39, 0.29) is 18.4 Å². The number of benzene rings is 1. The molecule has 0 aliphatic carbocycles. The maximum Gasteiger partial charge on any atom is 0.421 e. The van der Waals surface area contributed by atoms with Crippen molar-refractivity contribution >= 4 is 34.3 Å². The zero-order valence-corrected chi connectivity index (χ0v) is 21.9. The summed E-state index contributed by atoms with van der Waals surface area (Å²) < 4.78 is 47.2. The van der Waals surface area contributed by atoms with Crippen molar-refractivity contribution in [2.75, 3.05) is 23.5 Å². The van der Waals surface area contributed by atoms with Crippen LogP contribution in [0.3, 0.4) is 0 Å². The SMILES string of the molecule is CC(C)(C)OC(=O)N1CCc2nc(Nc3ncc(C(F)(F)F)c(N4OCC[C@H]4c4ccccc4)n3)sc2C1. The van der Waals surface area contributed by atoms with E-state index in [4.69, 9.17) is 9.57 Å². The molecule has 0 saturated carbocycles. The summed E-state index contributed by atoms with van der Waals surface area (Å²) in [6.07, 6.45) is -3.27. The Morgan fingerprint density at radius 3 is 2.66 bits per heavy atom. The van der Waals surface area contributed by atoms with Crippen molar-refractivity contribution in [3.05, 3.63) is 58.2 Å². The molecule has 1 atom stereocenters. The molecular weight excluding hydrogens is 521 g/mol. The molecule has 1 N–H and O–H groups in total. The summed E-state index contributed by atoms with van der Waals surface area (Å²) in [5.41, 5.74) is 0.0516. The highest BCUT2D eigenvalue weighted by atomic mass is 32.1. The predicted molar refractivity (Wildman–Crippen MR) is 135 cm³/mol. The van der Waals surface area contributed by atoms with Crippen LogP contribution in [0.2, 0.25) is 0 Å². The van der Waals surface area contributed by atoms with Gasteiger partial charge in [0.1, 0.15) is 11.2 Å². The number of hydrogen-bond acceptors (Lipinski definition) is 9. The Labute approximate surface area is 221 Å². The van der Waals surface area contributed by atoms with E-state index in [0.29, 0.717) is 31.1 Å². The van der Waals surface area contributed by atoms with Gasteiger partial charge in [-0.05, 0) is 26.3 Å². The number of amides is 1. The molecule has 1 fully saturated rings. The summed E-state index contributed by atoms with van der Waals surface area (Å²) >= 11 is 1.30. The second-order valence-electron chi connectivity index (χ2n) is 9.97. The molecule has 0 spiro atoms. The molecule has 5 rings (SSSR count). The lowest BCUT2D eigenvalue weighted by Crippen LogP contribution is -2.39. The summed E-state index contributed by atoms with van der Waals surface area (Å²) in [7, 11) is 0. The van der Waals surface area contributed by atoms with Crippen LogP contribution in [0.5, 0.6) is 0 Å². The first-order valence-corrected chi connectivity index (χ1v) is 12.9. The lowest BCUT2D eigenvalue weighted by molar-refractivity contribution is -0.138. The monoisotopic (exact) mass is 548 g/mol. The van der Waals surface area contributed by atoms with E-state index in [9.17, 15) is 18.0 Å². The molecule has 202 valence electrons. The molecule has 0 bridgehead atoms. The number of fused-ring (bicyclic) bond motifs is 1. The van der Waals surface area contributed by atoms with E-state index in [0.717, 1.165) is 22.3 Å². The molecule has 1 amide bonds. The van der Waals surface area contributed by atoms with Crippen molar-refractivity contribution in [1.82, 2.24) is 19.9 Å². The third-order valence-electron chi connectivity index (χ3n) is 5.97. The van der Waals surface area contributed by atoms with Crippen LogP contribution in [0.15, 0.2) is 36.5 Å². The number of nitrogens with zero attached hydrogens (tertiary/aromatic N) is 5. The van der Waals surface area contributed by atoms with Crippen LogP contribution in [0, 0.1) is 0 Å². The lowest BCUT2D eigenvalue weighted by atomic mass is 10.0. The second kappa shape index (κ2) is 10.0. The van der Waals surface area contributed by atoms with Gasteiger partial charge in [0.25, 0.3) is 0 Å². The molecule has 1 aromatic carbocycles. The van der Waals surface area contributed by atoms with Crippen LogP contribution >= 0.6 is 11.3 Å². The molecule has 9 nitrogen and oxygen atoms in total. The quantitative estimate of drug-likeness (QED) is 0.433. The van der Waals surface area contributed by atoms with E-state index >= 15 is 0 Å². The van der Waals surface area contributed by atoms with E-state index < -0.39 is 29.5 Å². The summed E-state index contributed by atoms with van der Waals surface area (Å²) in [6, 6.07) is 8.78. The fraction of sp³-hybridized carbons (Fsp3) is 0.440. The van der Waals surface area contributed by atoms with E-state index in [1.165, 1.54) is 16.4 Å². The van der Waals surface area contributed by atoms with Crippen molar-refractivity contribution < 1.29 is 27.5 Å². The number of alkyl halides is 3. The van der Waals surface area contributed by atoms with Crippen LogP contribution in [0.25, 0.3) is 0 Å². The summed E-state index contributed by atoms with van der Waals surface area (Å²) in [5, 5.41) is 4.59. The minimum atomic E-state index is -4.67. The maximum atomic E-state index is 13.9. The zero-order valence-electron chi connectivity index (χ0n) is 21.1. The van der Waals surface area contributed by atoms with Crippen molar-refractivity contribution in [3.63, 3.8) is 0 Å². The number of hydroxylamine groups is 1. The number of aromatic nitrogens is 3. The Kier molecular flexibility index (Phi) is 6.90. The molecule has 13 heteroatoms. The van der Waals surface area contributed by atoms with Crippen molar-refractivity contribution in [2.24, 2.45) is 0 Å². The van der Waals surface area contributed by atoms with Gasteiger partial charge >= 0.3 is 12.3 Å². The Bertz CT molecular complexity index is 1310. The number of nitrogens with one attached hydrogen (secondary N) is 1. The maximum absolute atomic E-state index is 13.9. The normalized spacial score (nSPS) is 17.9. The van der Waals surface area contributed by atoms with E-state index in [1.54, 1.807) is 4.90 Å². The smallest absolute Gasteiger partial charge is 0.421 e. The van der Waals surface area contributed by atoms with Crippen molar-refractivity contribution in [3.8, 4) is 0 Å². The highest BCUT2D eigenvalue weighted by Crippen LogP contribution is 2.42. The summed E-state index contributed by atoms with van der Waals surface area (Å²) in [4.78, 5) is 33.3. The van der Waals surface area contributed by atoms with Crippen molar-refractivity contribution in [2.45, 2.75) is 58.0 Å². The van der Waals surface area contributed by atoms with E-state index in [2.05, 4.69) is 20.3 Å². The Balaban J connectivity index is 1.39. The first-order valence-electron chi connectivity index (χ1n) is 12.1. The van der Waals surface area contributed by atoms with Gasteiger partial charge < -0.3 is 9.64 Å². The number of hydrogen-bond donors (Lipinski definition) is 1. The average Bonchev–Trinajstić information content (AvgIpc) is 3.49. The second-order valence-corrected chi connectivity index (χ2v) is 11.1. The molecule has 1 saturated heterocycles. The fourth-order valence-corrected chi connectivity index (χ4v) is 5.30. The van der Waals surface area contributed by atoms with Gasteiger partial charge in [-0.15, -0.1) is 0 Å². The molecule has 0 unspecified atom stereocenters. The first-order chi connectivity index (χ1) is 18.0. The zero-order chi connectivity index (χ0) is 27.1.